The Morgan fingerprint density at radius 2 is 1.39 bits per heavy atom. The number of rotatable bonds is 10. The molecule has 0 spiro atoms. The minimum Gasteiger partial charge on any atom is -0.465 e. The van der Waals surface area contributed by atoms with Crippen LogP contribution in [0, 0.1) is 23.2 Å². The molecule has 2 aromatic carbocycles. The van der Waals surface area contributed by atoms with Crippen molar-refractivity contribution in [1.29, 1.82) is 0 Å². The summed E-state index contributed by atoms with van der Waals surface area (Å²) in [5.41, 5.74) is 2.79. The smallest absolute Gasteiger partial charge is 0.331 e. The highest BCUT2D eigenvalue weighted by Crippen LogP contribution is 2.44. The Labute approximate surface area is 278 Å². The molecule has 0 aliphatic carbocycles. The fraction of sp³-hybridized carbons (Fsp3) is 0.641. The zero-order valence-electron chi connectivity index (χ0n) is 30.6. The first-order valence-electron chi connectivity index (χ1n) is 16.7. The van der Waals surface area contributed by atoms with Crippen LogP contribution in [0.3, 0.4) is 0 Å². The second kappa shape index (κ2) is 14.2. The lowest BCUT2D eigenvalue weighted by atomic mass is 9.74. The third-order valence-corrected chi connectivity index (χ3v) is 8.88. The third kappa shape index (κ3) is 9.20. The van der Waals surface area contributed by atoms with E-state index in [1.54, 1.807) is 5.06 Å². The monoisotopic (exact) mass is 637 g/mol. The van der Waals surface area contributed by atoms with E-state index in [0.29, 0.717) is 5.75 Å². The highest BCUT2D eigenvalue weighted by molar-refractivity contribution is 5.83. The van der Waals surface area contributed by atoms with E-state index >= 15 is 0 Å². The van der Waals surface area contributed by atoms with E-state index in [4.69, 9.17) is 14.3 Å². The lowest BCUT2D eigenvalue weighted by Gasteiger charge is -2.34. The van der Waals surface area contributed by atoms with Crippen LogP contribution in [-0.2, 0) is 42.0 Å². The molecule has 0 saturated carbocycles. The Kier molecular flexibility index (Phi) is 11.6. The number of carbonyl (C=O) groups excluding carboxylic acids is 2. The third-order valence-electron chi connectivity index (χ3n) is 8.88. The number of benzene rings is 2. The Hall–Kier alpha value is -2.74. The molecule has 0 radical (unpaired) electrons. The molecular formula is C39H59NO6. The molecule has 46 heavy (non-hydrogen) atoms. The maximum Gasteiger partial charge on any atom is 0.331 e. The Morgan fingerprint density at radius 3 is 1.85 bits per heavy atom. The molecular weight excluding hydrogens is 578 g/mol. The Balaban J connectivity index is 2.10. The Bertz CT molecular complexity index is 1310. The van der Waals surface area contributed by atoms with E-state index < -0.39 is 35.2 Å². The SMILES string of the molecule is CC(C)[C@@H]1[C@@H](C(=O)OCC(C)(C)CO)CN(OCc2ccccc2)[C@H]1C(=O)Oc1c(C(C)(C)C)cc(C(C)(C)C)cc1C(C)(C)C. The van der Waals surface area contributed by atoms with Crippen LogP contribution in [0.4, 0.5) is 0 Å². The van der Waals surface area contributed by atoms with Gasteiger partial charge in [-0.3, -0.25) is 9.63 Å². The molecule has 7 heteroatoms. The van der Waals surface area contributed by atoms with Gasteiger partial charge in [-0.15, -0.1) is 0 Å². The minimum atomic E-state index is -0.838. The van der Waals surface area contributed by atoms with Crippen LogP contribution in [0.25, 0.3) is 0 Å². The van der Waals surface area contributed by atoms with Gasteiger partial charge in [0.1, 0.15) is 11.8 Å². The minimum absolute atomic E-state index is 0.0567. The molecule has 7 nitrogen and oxygen atoms in total. The van der Waals surface area contributed by atoms with Gasteiger partial charge in [0.25, 0.3) is 0 Å². The fourth-order valence-corrected chi connectivity index (χ4v) is 5.91. The summed E-state index contributed by atoms with van der Waals surface area (Å²) >= 11 is 0. The number of aliphatic hydroxyl groups excluding tert-OH is 1. The standard InChI is InChI=1S/C39H59NO6/c1-25(2)31-28(34(42)44-24-39(12,13)23-41)21-40(45-22-26-17-15-14-16-18-26)32(31)35(43)46-33-29(37(6,7)8)19-27(36(3,4)5)20-30(33)38(9,10)11/h14-20,25,28,31-32,41H,21-24H2,1-13H3/t28-,31+,32+/m0/s1. The van der Waals surface area contributed by atoms with Gasteiger partial charge in [0.2, 0.25) is 0 Å². The van der Waals surface area contributed by atoms with Crippen LogP contribution in [0.15, 0.2) is 42.5 Å². The maximum atomic E-state index is 14.6. The molecule has 1 heterocycles. The average Bonchev–Trinajstić information content (AvgIpc) is 3.34. The summed E-state index contributed by atoms with van der Waals surface area (Å²) in [6.07, 6.45) is 0. The van der Waals surface area contributed by atoms with Crippen LogP contribution in [0.1, 0.15) is 112 Å². The second-order valence-electron chi connectivity index (χ2n) is 17.2. The van der Waals surface area contributed by atoms with Crippen molar-refractivity contribution in [2.45, 2.75) is 119 Å². The van der Waals surface area contributed by atoms with Crippen molar-refractivity contribution < 1.29 is 29.0 Å². The number of carbonyl (C=O) groups is 2. The number of nitrogens with zero attached hydrogens (tertiary/aromatic N) is 1. The maximum absolute atomic E-state index is 14.6. The summed E-state index contributed by atoms with van der Waals surface area (Å²) in [5, 5.41) is 11.4. The number of esters is 2. The number of hydroxylamine groups is 2. The topological polar surface area (TPSA) is 85.3 Å². The van der Waals surface area contributed by atoms with Gasteiger partial charge in [-0.05, 0) is 33.3 Å². The van der Waals surface area contributed by atoms with Crippen molar-refractivity contribution in [3.63, 3.8) is 0 Å². The molecule has 256 valence electrons. The van der Waals surface area contributed by atoms with Crippen molar-refractivity contribution >= 4 is 11.9 Å². The lowest BCUT2D eigenvalue weighted by molar-refractivity contribution is -0.196. The predicted molar refractivity (Wildman–Crippen MR) is 184 cm³/mol. The molecule has 1 N–H and O–H groups in total. The quantitative estimate of drug-likeness (QED) is 0.211. The molecule has 1 aliphatic heterocycles. The molecule has 2 aromatic rings. The molecule has 0 aromatic heterocycles. The van der Waals surface area contributed by atoms with Gasteiger partial charge in [-0.25, -0.2) is 4.79 Å². The van der Waals surface area contributed by atoms with Crippen LogP contribution < -0.4 is 4.74 Å². The Morgan fingerprint density at radius 1 is 0.848 bits per heavy atom. The van der Waals surface area contributed by atoms with Crippen molar-refractivity contribution in [2.75, 3.05) is 19.8 Å². The van der Waals surface area contributed by atoms with E-state index in [9.17, 15) is 14.7 Å². The van der Waals surface area contributed by atoms with Gasteiger partial charge >= 0.3 is 11.9 Å². The van der Waals surface area contributed by atoms with Gasteiger partial charge in [0.15, 0.2) is 0 Å². The number of hydrogen-bond acceptors (Lipinski definition) is 7. The predicted octanol–water partition coefficient (Wildman–Crippen LogP) is 7.75. The van der Waals surface area contributed by atoms with Crippen molar-refractivity contribution in [3.05, 3.63) is 64.7 Å². The molecule has 1 fully saturated rings. The lowest BCUT2D eigenvalue weighted by Crippen LogP contribution is -2.44. The van der Waals surface area contributed by atoms with E-state index in [-0.39, 0.29) is 48.5 Å². The van der Waals surface area contributed by atoms with Crippen molar-refractivity contribution in [2.24, 2.45) is 23.2 Å². The van der Waals surface area contributed by atoms with Gasteiger partial charge in [0.05, 0.1) is 25.7 Å². The van der Waals surface area contributed by atoms with Gasteiger partial charge < -0.3 is 14.6 Å². The van der Waals surface area contributed by atoms with E-state index in [1.807, 2.05) is 58.0 Å². The van der Waals surface area contributed by atoms with Crippen molar-refractivity contribution in [3.8, 4) is 5.75 Å². The summed E-state index contributed by atoms with van der Waals surface area (Å²) in [6, 6.07) is 13.3. The second-order valence-corrected chi connectivity index (χ2v) is 17.2. The van der Waals surface area contributed by atoms with Gasteiger partial charge in [-0.1, -0.05) is 132 Å². The summed E-state index contributed by atoms with van der Waals surface area (Å²) < 4.78 is 12.3. The van der Waals surface area contributed by atoms with Gasteiger partial charge in [-0.2, -0.15) is 5.06 Å². The molecule has 3 rings (SSSR count). The van der Waals surface area contributed by atoms with Crippen molar-refractivity contribution in [1.82, 2.24) is 5.06 Å². The van der Waals surface area contributed by atoms with E-state index in [1.165, 1.54) is 5.56 Å². The summed E-state index contributed by atoms with van der Waals surface area (Å²) in [4.78, 5) is 34.6. The highest BCUT2D eigenvalue weighted by Gasteiger charge is 2.53. The fourth-order valence-electron chi connectivity index (χ4n) is 5.91. The van der Waals surface area contributed by atoms with Crippen LogP contribution in [-0.4, -0.2) is 47.9 Å². The highest BCUT2D eigenvalue weighted by atomic mass is 16.7. The van der Waals surface area contributed by atoms with Crippen LogP contribution >= 0.6 is 0 Å². The number of hydrogen-bond donors (Lipinski definition) is 1. The summed E-state index contributed by atoms with van der Waals surface area (Å²) in [5.74, 6) is -1.35. The van der Waals surface area contributed by atoms with Crippen LogP contribution in [0.2, 0.25) is 0 Å². The van der Waals surface area contributed by atoms with Crippen LogP contribution in [0.5, 0.6) is 5.75 Å². The largest absolute Gasteiger partial charge is 0.465 e. The first-order valence-corrected chi connectivity index (χ1v) is 16.7. The van der Waals surface area contributed by atoms with E-state index in [2.05, 4.69) is 74.4 Å². The zero-order chi connectivity index (χ0) is 34.8. The molecule has 1 saturated heterocycles. The molecule has 3 atom stereocenters. The first-order chi connectivity index (χ1) is 21.1. The normalized spacial score (nSPS) is 19.8. The first kappa shape index (κ1) is 37.7. The zero-order valence-corrected chi connectivity index (χ0v) is 30.6. The number of aliphatic hydroxyl groups is 1. The summed E-state index contributed by atoms with van der Waals surface area (Å²) in [6.45, 7) is 27.5. The average molecular weight is 638 g/mol. The summed E-state index contributed by atoms with van der Waals surface area (Å²) in [7, 11) is 0. The molecule has 0 amide bonds. The molecule has 0 unspecified atom stereocenters. The number of ether oxygens (including phenoxy) is 2. The van der Waals surface area contributed by atoms with Gasteiger partial charge in [0, 0.05) is 29.0 Å². The molecule has 0 bridgehead atoms. The van der Waals surface area contributed by atoms with E-state index in [0.717, 1.165) is 16.7 Å². The molecule has 1 aliphatic rings.